The molecule has 4 rings (SSSR count). The van der Waals surface area contributed by atoms with Crippen molar-refractivity contribution in [3.05, 3.63) is 59.5 Å². The first-order chi connectivity index (χ1) is 14.5. The number of phenols is 1. The molecule has 6 heteroatoms. The van der Waals surface area contributed by atoms with E-state index < -0.39 is 11.6 Å². The molecule has 1 aromatic heterocycles. The summed E-state index contributed by atoms with van der Waals surface area (Å²) in [5, 5.41) is 20.8. The third-order valence-corrected chi connectivity index (χ3v) is 6.24. The molecule has 0 saturated carbocycles. The van der Waals surface area contributed by atoms with Gasteiger partial charge in [0.05, 0.1) is 17.7 Å². The van der Waals surface area contributed by atoms with Gasteiger partial charge in [-0.15, -0.1) is 0 Å². The Labute approximate surface area is 181 Å². The van der Waals surface area contributed by atoms with Gasteiger partial charge in [0.2, 0.25) is 0 Å². The van der Waals surface area contributed by atoms with E-state index >= 15 is 0 Å². The van der Waals surface area contributed by atoms with E-state index in [1.54, 1.807) is 24.3 Å². The molecule has 0 fully saturated rings. The van der Waals surface area contributed by atoms with Crippen molar-refractivity contribution in [3.63, 3.8) is 0 Å². The lowest BCUT2D eigenvalue weighted by Crippen LogP contribution is -2.43. The van der Waals surface area contributed by atoms with E-state index in [1.165, 1.54) is 12.1 Å². The Morgan fingerprint density at radius 3 is 2.52 bits per heavy atom. The zero-order chi connectivity index (χ0) is 22.6. The fraction of sp³-hybridized carbons (Fsp3) is 0.400. The second kappa shape index (κ2) is 7.38. The van der Waals surface area contributed by atoms with Crippen LogP contribution >= 0.6 is 0 Å². The smallest absolute Gasteiger partial charge is 0.303 e. The Kier molecular flexibility index (Phi) is 5.09. The van der Waals surface area contributed by atoms with E-state index in [9.17, 15) is 19.4 Å². The zero-order valence-corrected chi connectivity index (χ0v) is 18.3. The lowest BCUT2D eigenvalue weighted by molar-refractivity contribution is -0.139. The molecule has 2 heterocycles. The van der Waals surface area contributed by atoms with Crippen LogP contribution in [-0.2, 0) is 20.5 Å². The van der Waals surface area contributed by atoms with Crippen molar-refractivity contribution in [2.24, 2.45) is 5.92 Å². The topological polar surface area (TPSA) is 71.7 Å². The van der Waals surface area contributed by atoms with E-state index in [2.05, 4.69) is 18.4 Å². The number of benzene rings is 2. The van der Waals surface area contributed by atoms with Gasteiger partial charge in [0.15, 0.2) is 0 Å². The van der Waals surface area contributed by atoms with E-state index in [-0.39, 0.29) is 29.3 Å². The summed E-state index contributed by atoms with van der Waals surface area (Å²) in [4.78, 5) is 11.3. The third-order valence-electron chi connectivity index (χ3n) is 6.24. The summed E-state index contributed by atoms with van der Waals surface area (Å²) in [6, 6.07) is 11.7. The minimum Gasteiger partial charge on any atom is -0.507 e. The molecule has 0 saturated heterocycles. The van der Waals surface area contributed by atoms with Crippen LogP contribution in [0.4, 0.5) is 4.39 Å². The van der Waals surface area contributed by atoms with Crippen LogP contribution in [-0.4, -0.2) is 27.4 Å². The summed E-state index contributed by atoms with van der Waals surface area (Å²) in [5.74, 6) is -1.13. The van der Waals surface area contributed by atoms with Gasteiger partial charge >= 0.3 is 5.97 Å². The van der Waals surface area contributed by atoms with Crippen molar-refractivity contribution in [1.29, 1.82) is 0 Å². The fourth-order valence-electron chi connectivity index (χ4n) is 5.01. The lowest BCUT2D eigenvalue weighted by Gasteiger charge is -2.43. The number of aromatic nitrogens is 1. The van der Waals surface area contributed by atoms with Crippen molar-refractivity contribution in [3.8, 4) is 11.4 Å². The van der Waals surface area contributed by atoms with Crippen LogP contribution in [0.15, 0.2) is 42.5 Å². The Balaban J connectivity index is 2.03. The quantitative estimate of drug-likeness (QED) is 0.566. The molecule has 0 unspecified atom stereocenters. The van der Waals surface area contributed by atoms with E-state index in [4.69, 9.17) is 4.74 Å². The van der Waals surface area contributed by atoms with Crippen molar-refractivity contribution >= 4 is 16.9 Å². The maximum atomic E-state index is 13.7. The Hall–Kier alpha value is -2.86. The van der Waals surface area contributed by atoms with Crippen molar-refractivity contribution < 1.29 is 24.1 Å². The number of hydrogen-bond donors (Lipinski definition) is 2. The van der Waals surface area contributed by atoms with Gasteiger partial charge in [-0.2, -0.15) is 0 Å². The summed E-state index contributed by atoms with van der Waals surface area (Å²) in [5.41, 5.74) is 2.32. The van der Waals surface area contributed by atoms with Crippen LogP contribution in [0.5, 0.6) is 5.75 Å². The largest absolute Gasteiger partial charge is 0.507 e. The highest BCUT2D eigenvalue weighted by Crippen LogP contribution is 2.51. The average molecular weight is 426 g/mol. The summed E-state index contributed by atoms with van der Waals surface area (Å²) >= 11 is 0. The van der Waals surface area contributed by atoms with Gasteiger partial charge in [-0.25, -0.2) is 4.39 Å². The number of rotatable bonds is 5. The second-order valence-corrected chi connectivity index (χ2v) is 9.52. The number of carboxylic acid groups (broad SMARTS) is 1. The van der Waals surface area contributed by atoms with Gasteiger partial charge in [0.25, 0.3) is 0 Å². The standard InChI is InChI=1S/C25H28FNO4/c1-15(12-20(29)30)13-25(4)22-21-18(6-5-7-19(21)28)27(17-10-8-16(26)9-11-17)23(22)24(2,3)14-31-25/h5-11,15,28H,12-14H2,1-4H3,(H,29,30)/t15-,25-/m1/s1. The Morgan fingerprint density at radius 1 is 1.19 bits per heavy atom. The van der Waals surface area contributed by atoms with Crippen LogP contribution in [0.25, 0.3) is 16.6 Å². The molecule has 0 radical (unpaired) electrons. The maximum Gasteiger partial charge on any atom is 0.303 e. The third kappa shape index (κ3) is 3.59. The minimum atomic E-state index is -0.843. The van der Waals surface area contributed by atoms with Gasteiger partial charge in [-0.05, 0) is 55.7 Å². The van der Waals surface area contributed by atoms with Crippen LogP contribution in [0.2, 0.25) is 0 Å². The number of carbonyl (C=O) groups is 1. The predicted octanol–water partition coefficient (Wildman–Crippen LogP) is 5.50. The highest BCUT2D eigenvalue weighted by molar-refractivity contribution is 5.94. The SMILES string of the molecule is C[C@H](CC(=O)O)C[C@@]1(C)OCC(C)(C)c2c1c1c(O)cccc1n2-c1ccc(F)cc1. The normalized spacial score (nSPS) is 21.1. The van der Waals surface area contributed by atoms with Crippen molar-refractivity contribution in [2.45, 2.75) is 51.6 Å². The summed E-state index contributed by atoms with van der Waals surface area (Å²) in [7, 11) is 0. The second-order valence-electron chi connectivity index (χ2n) is 9.52. The number of aromatic hydroxyl groups is 1. The van der Waals surface area contributed by atoms with Crippen molar-refractivity contribution in [2.75, 3.05) is 6.61 Å². The van der Waals surface area contributed by atoms with Crippen LogP contribution in [0, 0.1) is 11.7 Å². The molecule has 0 spiro atoms. The Morgan fingerprint density at radius 2 is 1.87 bits per heavy atom. The number of ether oxygens (including phenoxy) is 1. The molecule has 1 aliphatic rings. The molecule has 0 aliphatic carbocycles. The average Bonchev–Trinajstić information content (AvgIpc) is 3.04. The highest BCUT2D eigenvalue weighted by atomic mass is 19.1. The maximum absolute atomic E-state index is 13.7. The van der Waals surface area contributed by atoms with Gasteiger partial charge in [-0.3, -0.25) is 4.79 Å². The molecule has 2 aromatic carbocycles. The first kappa shape index (κ1) is 21.4. The number of nitrogens with zero attached hydrogens (tertiary/aromatic N) is 1. The molecule has 31 heavy (non-hydrogen) atoms. The lowest BCUT2D eigenvalue weighted by atomic mass is 9.75. The number of halogens is 1. The number of aliphatic carboxylic acids is 1. The fourth-order valence-corrected chi connectivity index (χ4v) is 5.01. The van der Waals surface area contributed by atoms with Gasteiger partial charge in [0.1, 0.15) is 11.6 Å². The monoisotopic (exact) mass is 425 g/mol. The molecule has 164 valence electrons. The van der Waals surface area contributed by atoms with Crippen LogP contribution < -0.4 is 0 Å². The van der Waals surface area contributed by atoms with E-state index in [0.717, 1.165) is 22.5 Å². The number of carboxylic acids is 1. The van der Waals surface area contributed by atoms with E-state index in [1.807, 2.05) is 19.9 Å². The van der Waals surface area contributed by atoms with E-state index in [0.29, 0.717) is 18.4 Å². The Bertz CT molecular complexity index is 1150. The molecule has 2 N–H and O–H groups in total. The molecule has 0 amide bonds. The van der Waals surface area contributed by atoms with Crippen LogP contribution in [0.1, 0.15) is 51.8 Å². The summed E-state index contributed by atoms with van der Waals surface area (Å²) in [6.45, 7) is 8.49. The number of fused-ring (bicyclic) bond motifs is 3. The molecule has 5 nitrogen and oxygen atoms in total. The molecule has 0 bridgehead atoms. The number of phenolic OH excluding ortho intramolecular Hbond substituents is 1. The minimum absolute atomic E-state index is 0.0419. The molecule has 3 aromatic rings. The predicted molar refractivity (Wildman–Crippen MR) is 117 cm³/mol. The zero-order valence-electron chi connectivity index (χ0n) is 18.3. The van der Waals surface area contributed by atoms with Crippen molar-refractivity contribution in [1.82, 2.24) is 4.57 Å². The van der Waals surface area contributed by atoms with Gasteiger partial charge in [0, 0.05) is 34.2 Å². The molecular formula is C25H28FNO4. The van der Waals surface area contributed by atoms with Gasteiger partial charge < -0.3 is 19.5 Å². The summed E-state index contributed by atoms with van der Waals surface area (Å²) in [6.07, 6.45) is 0.541. The first-order valence-corrected chi connectivity index (χ1v) is 10.5. The van der Waals surface area contributed by atoms with Crippen LogP contribution in [0.3, 0.4) is 0 Å². The highest BCUT2D eigenvalue weighted by Gasteiger charge is 2.46. The number of hydrogen-bond acceptors (Lipinski definition) is 3. The summed E-state index contributed by atoms with van der Waals surface area (Å²) < 4.78 is 22.1. The molecular weight excluding hydrogens is 397 g/mol. The van der Waals surface area contributed by atoms with Gasteiger partial charge in [-0.1, -0.05) is 26.8 Å². The molecule has 2 atom stereocenters. The molecule has 1 aliphatic heterocycles. The first-order valence-electron chi connectivity index (χ1n) is 10.5.